The number of hydrogen-bond acceptors (Lipinski definition) is 3. The lowest BCUT2D eigenvalue weighted by Gasteiger charge is -2.23. The Morgan fingerprint density at radius 2 is 2.13 bits per heavy atom. The van der Waals surface area contributed by atoms with Gasteiger partial charge in [0.05, 0.1) is 17.9 Å². The van der Waals surface area contributed by atoms with E-state index in [2.05, 4.69) is 15.1 Å². The van der Waals surface area contributed by atoms with Crippen molar-refractivity contribution in [1.29, 1.82) is 0 Å². The number of nitrogens with one attached hydrogen (secondary N) is 1. The molecule has 0 aliphatic carbocycles. The highest BCUT2D eigenvalue weighted by atomic mass is 35.5. The molecule has 2 aliphatic rings. The predicted octanol–water partition coefficient (Wildman–Crippen LogP) is 1.26. The minimum atomic E-state index is 0. The van der Waals surface area contributed by atoms with Crippen molar-refractivity contribution in [2.75, 3.05) is 13.2 Å². The Hall–Kier alpha value is -0.580. The second kappa shape index (κ2) is 4.51. The molecule has 0 unspecified atom stereocenters. The normalized spacial score (nSPS) is 21.1. The van der Waals surface area contributed by atoms with Crippen LogP contribution >= 0.6 is 12.4 Å². The summed E-state index contributed by atoms with van der Waals surface area (Å²) >= 11 is 0. The van der Waals surface area contributed by atoms with E-state index in [0.29, 0.717) is 6.04 Å². The number of hydrogen-bond donors (Lipinski definition) is 1. The average molecular weight is 230 g/mol. The standard InChI is InChI=1S/C10H15N3O.ClH/c1-3-14-4-2-9(1)13-10-7-11-5-8(10)6-12-13;/h6,9,11H,1-5,7H2;1H. The van der Waals surface area contributed by atoms with Gasteiger partial charge in [0.15, 0.2) is 0 Å². The number of rotatable bonds is 1. The van der Waals surface area contributed by atoms with E-state index in [4.69, 9.17) is 4.74 Å². The Kier molecular flexibility index (Phi) is 3.29. The largest absolute Gasteiger partial charge is 0.381 e. The maximum Gasteiger partial charge on any atom is 0.0570 e. The number of ether oxygens (including phenoxy) is 1. The second-order valence-electron chi connectivity index (χ2n) is 4.01. The highest BCUT2D eigenvalue weighted by Crippen LogP contribution is 2.25. The fourth-order valence-corrected chi connectivity index (χ4v) is 2.33. The first-order valence-corrected chi connectivity index (χ1v) is 5.29. The van der Waals surface area contributed by atoms with Gasteiger partial charge in [0, 0.05) is 31.9 Å². The molecule has 1 fully saturated rings. The molecule has 1 saturated heterocycles. The molecule has 0 bridgehead atoms. The smallest absolute Gasteiger partial charge is 0.0570 e. The molecule has 2 aliphatic heterocycles. The van der Waals surface area contributed by atoms with Gasteiger partial charge in [-0.1, -0.05) is 0 Å². The summed E-state index contributed by atoms with van der Waals surface area (Å²) in [6.45, 7) is 3.73. The first-order valence-electron chi connectivity index (χ1n) is 5.29. The summed E-state index contributed by atoms with van der Waals surface area (Å²) in [5.74, 6) is 0. The van der Waals surface area contributed by atoms with Crippen LogP contribution in [0.4, 0.5) is 0 Å². The lowest BCUT2D eigenvalue weighted by Crippen LogP contribution is -2.22. The van der Waals surface area contributed by atoms with Gasteiger partial charge in [-0.05, 0) is 12.8 Å². The Labute approximate surface area is 95.4 Å². The van der Waals surface area contributed by atoms with Gasteiger partial charge in [0.2, 0.25) is 0 Å². The number of nitrogens with zero attached hydrogens (tertiary/aromatic N) is 2. The van der Waals surface area contributed by atoms with Gasteiger partial charge in [0.1, 0.15) is 0 Å². The fourth-order valence-electron chi connectivity index (χ4n) is 2.33. The lowest BCUT2D eigenvalue weighted by atomic mass is 10.1. The maximum atomic E-state index is 5.36. The minimum absolute atomic E-state index is 0. The highest BCUT2D eigenvalue weighted by Gasteiger charge is 2.23. The molecule has 3 rings (SSSR count). The molecule has 0 radical (unpaired) electrons. The molecular weight excluding hydrogens is 214 g/mol. The van der Waals surface area contributed by atoms with Crippen LogP contribution in [-0.4, -0.2) is 23.0 Å². The fraction of sp³-hybridized carbons (Fsp3) is 0.700. The topological polar surface area (TPSA) is 39.1 Å². The molecule has 5 heteroatoms. The van der Waals surface area contributed by atoms with Crippen LogP contribution in [-0.2, 0) is 17.8 Å². The van der Waals surface area contributed by atoms with Crippen LogP contribution in [0.2, 0.25) is 0 Å². The molecule has 0 spiro atoms. The Morgan fingerprint density at radius 1 is 1.33 bits per heavy atom. The van der Waals surface area contributed by atoms with Crippen LogP contribution in [0.1, 0.15) is 30.1 Å². The minimum Gasteiger partial charge on any atom is -0.381 e. The van der Waals surface area contributed by atoms with E-state index in [1.165, 1.54) is 11.3 Å². The molecule has 1 aromatic rings. The van der Waals surface area contributed by atoms with Crippen molar-refractivity contribution in [2.24, 2.45) is 0 Å². The highest BCUT2D eigenvalue weighted by molar-refractivity contribution is 5.85. The van der Waals surface area contributed by atoms with Gasteiger partial charge in [-0.3, -0.25) is 4.68 Å². The van der Waals surface area contributed by atoms with Crippen LogP contribution in [0, 0.1) is 0 Å². The van der Waals surface area contributed by atoms with Crippen molar-refractivity contribution < 1.29 is 4.74 Å². The number of fused-ring (bicyclic) bond motifs is 1. The molecule has 0 saturated carbocycles. The van der Waals surface area contributed by atoms with E-state index < -0.39 is 0 Å². The zero-order valence-electron chi connectivity index (χ0n) is 8.61. The number of halogens is 1. The lowest BCUT2D eigenvalue weighted by molar-refractivity contribution is 0.0654. The van der Waals surface area contributed by atoms with Gasteiger partial charge in [0.25, 0.3) is 0 Å². The Morgan fingerprint density at radius 3 is 2.93 bits per heavy atom. The monoisotopic (exact) mass is 229 g/mol. The molecule has 1 N–H and O–H groups in total. The molecule has 0 amide bonds. The zero-order chi connectivity index (χ0) is 9.38. The van der Waals surface area contributed by atoms with E-state index in [-0.39, 0.29) is 12.4 Å². The van der Waals surface area contributed by atoms with Gasteiger partial charge < -0.3 is 10.1 Å². The van der Waals surface area contributed by atoms with E-state index in [9.17, 15) is 0 Å². The summed E-state index contributed by atoms with van der Waals surface area (Å²) in [5, 5.41) is 7.84. The Balaban J connectivity index is 0.000000853. The van der Waals surface area contributed by atoms with Crippen molar-refractivity contribution in [3.8, 4) is 0 Å². The van der Waals surface area contributed by atoms with Crippen LogP contribution < -0.4 is 5.32 Å². The average Bonchev–Trinajstić information content (AvgIpc) is 2.79. The van der Waals surface area contributed by atoms with Crippen molar-refractivity contribution in [1.82, 2.24) is 15.1 Å². The molecule has 3 heterocycles. The first kappa shape index (κ1) is 10.9. The van der Waals surface area contributed by atoms with E-state index in [1.54, 1.807) is 0 Å². The summed E-state index contributed by atoms with van der Waals surface area (Å²) in [4.78, 5) is 0. The third-order valence-corrected chi connectivity index (χ3v) is 3.13. The summed E-state index contributed by atoms with van der Waals surface area (Å²) in [5.41, 5.74) is 2.76. The van der Waals surface area contributed by atoms with Crippen molar-refractivity contribution >= 4 is 12.4 Å². The summed E-state index contributed by atoms with van der Waals surface area (Å²) in [6.07, 6.45) is 4.22. The van der Waals surface area contributed by atoms with Crippen LogP contribution in [0.15, 0.2) is 6.20 Å². The summed E-state index contributed by atoms with van der Waals surface area (Å²) < 4.78 is 7.57. The van der Waals surface area contributed by atoms with Crippen LogP contribution in [0.25, 0.3) is 0 Å². The predicted molar refractivity (Wildman–Crippen MR) is 59.1 cm³/mol. The van der Waals surface area contributed by atoms with E-state index >= 15 is 0 Å². The number of aromatic nitrogens is 2. The quantitative estimate of drug-likeness (QED) is 0.788. The van der Waals surface area contributed by atoms with Crippen LogP contribution in [0.3, 0.4) is 0 Å². The van der Waals surface area contributed by atoms with Crippen molar-refractivity contribution in [2.45, 2.75) is 32.0 Å². The molecule has 84 valence electrons. The SMILES string of the molecule is Cl.c1nn(C2CCOCC2)c2c1CNC2. The molecule has 1 aromatic heterocycles. The summed E-state index contributed by atoms with van der Waals surface area (Å²) in [6, 6.07) is 0.562. The molecule has 0 aromatic carbocycles. The van der Waals surface area contributed by atoms with Gasteiger partial charge in [-0.15, -0.1) is 12.4 Å². The van der Waals surface area contributed by atoms with Crippen molar-refractivity contribution in [3.63, 3.8) is 0 Å². The molecule has 4 nitrogen and oxygen atoms in total. The van der Waals surface area contributed by atoms with Crippen LogP contribution in [0.5, 0.6) is 0 Å². The third-order valence-electron chi connectivity index (χ3n) is 3.13. The first-order chi connectivity index (χ1) is 6.95. The van der Waals surface area contributed by atoms with Gasteiger partial charge in [-0.2, -0.15) is 5.10 Å². The molecular formula is C10H16ClN3O. The van der Waals surface area contributed by atoms with Gasteiger partial charge >= 0.3 is 0 Å². The summed E-state index contributed by atoms with van der Waals surface area (Å²) in [7, 11) is 0. The van der Waals surface area contributed by atoms with E-state index in [0.717, 1.165) is 39.1 Å². The zero-order valence-corrected chi connectivity index (χ0v) is 9.42. The Bertz CT molecular complexity index is 333. The van der Waals surface area contributed by atoms with E-state index in [1.807, 2.05) is 6.20 Å². The third kappa shape index (κ3) is 1.89. The maximum absolute atomic E-state index is 5.36. The molecule has 15 heavy (non-hydrogen) atoms. The molecule has 0 atom stereocenters. The second-order valence-corrected chi connectivity index (χ2v) is 4.01. The van der Waals surface area contributed by atoms with Gasteiger partial charge in [-0.25, -0.2) is 0 Å². The van der Waals surface area contributed by atoms with Crippen molar-refractivity contribution in [3.05, 3.63) is 17.5 Å².